The molecule has 0 aromatic heterocycles. The third kappa shape index (κ3) is 3.24. The molecule has 0 atom stereocenters. The van der Waals surface area contributed by atoms with Crippen molar-refractivity contribution in [3.05, 3.63) is 41.0 Å². The van der Waals surface area contributed by atoms with Gasteiger partial charge < -0.3 is 10.8 Å². The topological polar surface area (TPSA) is 80.4 Å². The Balaban J connectivity index is 2.87. The van der Waals surface area contributed by atoms with Gasteiger partial charge in [0.05, 0.1) is 5.56 Å². The van der Waals surface area contributed by atoms with Crippen LogP contribution in [-0.2, 0) is 4.79 Å². The van der Waals surface area contributed by atoms with Gasteiger partial charge in [-0.05, 0) is 30.2 Å². The number of aryl methyl sites for hydroxylation is 1. The van der Waals surface area contributed by atoms with Gasteiger partial charge >= 0.3 is 5.97 Å². The van der Waals surface area contributed by atoms with Crippen LogP contribution < -0.4 is 5.73 Å². The molecule has 0 unspecified atom stereocenters. The van der Waals surface area contributed by atoms with E-state index in [-0.39, 0.29) is 12.0 Å². The smallest absolute Gasteiger partial charge is 0.335 e. The van der Waals surface area contributed by atoms with Crippen molar-refractivity contribution >= 4 is 18.0 Å². The third-order valence-electron chi connectivity index (χ3n) is 2.13. The molecule has 0 saturated carbocycles. The monoisotopic (exact) mass is 219 g/mol. The lowest BCUT2D eigenvalue weighted by Gasteiger charge is -2.01. The summed E-state index contributed by atoms with van der Waals surface area (Å²) in [6.45, 7) is 1.82. The van der Waals surface area contributed by atoms with E-state index in [0.717, 1.165) is 11.1 Å². The number of amides is 1. The van der Waals surface area contributed by atoms with Crippen molar-refractivity contribution in [1.29, 1.82) is 0 Å². The Hall–Kier alpha value is -2.10. The maximum absolute atomic E-state index is 10.7. The normalized spacial score (nSPS) is 10.6. The minimum Gasteiger partial charge on any atom is -0.478 e. The van der Waals surface area contributed by atoms with Gasteiger partial charge in [-0.2, -0.15) is 0 Å². The number of benzene rings is 1. The molecule has 4 nitrogen and oxygen atoms in total. The van der Waals surface area contributed by atoms with Crippen LogP contribution in [0.2, 0.25) is 0 Å². The maximum Gasteiger partial charge on any atom is 0.335 e. The summed E-state index contributed by atoms with van der Waals surface area (Å²) >= 11 is 0. The first-order valence-electron chi connectivity index (χ1n) is 4.79. The molecule has 1 amide bonds. The second kappa shape index (κ2) is 5.11. The van der Waals surface area contributed by atoms with Crippen molar-refractivity contribution in [3.8, 4) is 0 Å². The van der Waals surface area contributed by atoms with Crippen molar-refractivity contribution in [2.45, 2.75) is 13.3 Å². The number of carbonyl (C=O) groups excluding carboxylic acids is 1. The zero-order chi connectivity index (χ0) is 12.1. The molecular weight excluding hydrogens is 206 g/mol. The number of hydrogen-bond donors (Lipinski definition) is 2. The summed E-state index contributed by atoms with van der Waals surface area (Å²) in [5.41, 5.74) is 6.97. The van der Waals surface area contributed by atoms with Crippen molar-refractivity contribution in [1.82, 2.24) is 0 Å². The number of aromatic carboxylic acids is 1. The summed E-state index contributed by atoms with van der Waals surface area (Å²) in [7, 11) is 0. The number of nitrogens with two attached hydrogens (primary N) is 1. The van der Waals surface area contributed by atoms with E-state index in [1.165, 1.54) is 6.07 Å². The SMILES string of the molecule is Cc1cc(C(=O)O)ccc1C=CCC(N)=O. The van der Waals surface area contributed by atoms with Crippen molar-refractivity contribution in [2.75, 3.05) is 0 Å². The molecule has 0 heterocycles. The first kappa shape index (κ1) is 12.0. The number of rotatable bonds is 4. The van der Waals surface area contributed by atoms with Gasteiger partial charge in [-0.15, -0.1) is 0 Å². The number of carboxylic acids is 1. The first-order valence-corrected chi connectivity index (χ1v) is 4.79. The highest BCUT2D eigenvalue weighted by Crippen LogP contribution is 2.13. The van der Waals surface area contributed by atoms with E-state index in [2.05, 4.69) is 0 Å². The second-order valence-corrected chi connectivity index (χ2v) is 3.45. The fourth-order valence-corrected chi connectivity index (χ4v) is 1.30. The Bertz CT molecular complexity index is 450. The Morgan fingerprint density at radius 2 is 2.12 bits per heavy atom. The van der Waals surface area contributed by atoms with Crippen LogP contribution in [0.15, 0.2) is 24.3 Å². The van der Waals surface area contributed by atoms with Gasteiger partial charge in [-0.25, -0.2) is 4.79 Å². The van der Waals surface area contributed by atoms with E-state index >= 15 is 0 Å². The number of hydrogen-bond acceptors (Lipinski definition) is 2. The van der Waals surface area contributed by atoms with Crippen LogP contribution in [0.5, 0.6) is 0 Å². The molecule has 84 valence electrons. The summed E-state index contributed by atoms with van der Waals surface area (Å²) in [6.07, 6.45) is 3.59. The predicted molar refractivity (Wildman–Crippen MR) is 61.0 cm³/mol. The number of carbonyl (C=O) groups is 2. The standard InChI is InChI=1S/C12H13NO3/c1-8-7-10(12(15)16)6-5-9(8)3-2-4-11(13)14/h2-3,5-7H,4H2,1H3,(H2,13,14)(H,15,16). The van der Waals surface area contributed by atoms with E-state index in [1.807, 2.05) is 6.92 Å². The molecule has 1 aromatic carbocycles. The fraction of sp³-hybridized carbons (Fsp3) is 0.167. The van der Waals surface area contributed by atoms with Gasteiger partial charge in [0.2, 0.25) is 5.91 Å². The highest BCUT2D eigenvalue weighted by Gasteiger charge is 2.03. The summed E-state index contributed by atoms with van der Waals surface area (Å²) in [4.78, 5) is 21.2. The summed E-state index contributed by atoms with van der Waals surface area (Å²) < 4.78 is 0. The van der Waals surface area contributed by atoms with Gasteiger partial charge in [0.1, 0.15) is 0 Å². The van der Waals surface area contributed by atoms with E-state index in [9.17, 15) is 9.59 Å². The van der Waals surface area contributed by atoms with Crippen LogP contribution in [0.25, 0.3) is 6.08 Å². The summed E-state index contributed by atoms with van der Waals surface area (Å²) in [6, 6.07) is 4.82. The fourth-order valence-electron chi connectivity index (χ4n) is 1.30. The lowest BCUT2D eigenvalue weighted by molar-refractivity contribution is -0.117. The second-order valence-electron chi connectivity index (χ2n) is 3.45. The number of primary amides is 1. The Morgan fingerprint density at radius 3 is 2.62 bits per heavy atom. The van der Waals surface area contributed by atoms with Gasteiger partial charge in [0, 0.05) is 6.42 Å². The van der Waals surface area contributed by atoms with Crippen LogP contribution in [0.3, 0.4) is 0 Å². The Labute approximate surface area is 93.4 Å². The molecule has 0 saturated heterocycles. The van der Waals surface area contributed by atoms with Gasteiger partial charge in [0.15, 0.2) is 0 Å². The van der Waals surface area contributed by atoms with Crippen LogP contribution in [0.4, 0.5) is 0 Å². The molecule has 1 rings (SSSR count). The average molecular weight is 219 g/mol. The van der Waals surface area contributed by atoms with Gasteiger partial charge in [0.25, 0.3) is 0 Å². The van der Waals surface area contributed by atoms with E-state index in [4.69, 9.17) is 10.8 Å². The minimum absolute atomic E-state index is 0.181. The van der Waals surface area contributed by atoms with Crippen LogP contribution >= 0.6 is 0 Å². The molecule has 0 aliphatic rings. The zero-order valence-electron chi connectivity index (χ0n) is 8.93. The van der Waals surface area contributed by atoms with E-state index < -0.39 is 11.9 Å². The Kier molecular flexibility index (Phi) is 3.83. The summed E-state index contributed by atoms with van der Waals surface area (Å²) in [5.74, 6) is -1.34. The molecule has 0 aliphatic carbocycles. The highest BCUT2D eigenvalue weighted by atomic mass is 16.4. The molecule has 0 aliphatic heterocycles. The molecule has 1 aromatic rings. The third-order valence-corrected chi connectivity index (χ3v) is 2.13. The molecule has 0 radical (unpaired) electrons. The van der Waals surface area contributed by atoms with Crippen LogP contribution in [0.1, 0.15) is 27.9 Å². The molecule has 3 N–H and O–H groups in total. The van der Waals surface area contributed by atoms with E-state index in [0.29, 0.717) is 0 Å². The number of carboxylic acid groups (broad SMARTS) is 1. The maximum atomic E-state index is 10.7. The summed E-state index contributed by atoms with van der Waals surface area (Å²) in [5, 5.41) is 8.77. The molecule has 4 heteroatoms. The molecule has 0 fully saturated rings. The lowest BCUT2D eigenvalue weighted by Crippen LogP contribution is -2.07. The average Bonchev–Trinajstić information content (AvgIpc) is 2.19. The van der Waals surface area contributed by atoms with Crippen LogP contribution in [-0.4, -0.2) is 17.0 Å². The first-order chi connectivity index (χ1) is 7.50. The van der Waals surface area contributed by atoms with E-state index in [1.54, 1.807) is 24.3 Å². The van der Waals surface area contributed by atoms with Crippen molar-refractivity contribution < 1.29 is 14.7 Å². The van der Waals surface area contributed by atoms with Gasteiger partial charge in [-0.1, -0.05) is 18.2 Å². The molecule has 0 spiro atoms. The minimum atomic E-state index is -0.948. The molecular formula is C12H13NO3. The highest BCUT2D eigenvalue weighted by molar-refractivity contribution is 5.88. The van der Waals surface area contributed by atoms with Crippen molar-refractivity contribution in [2.24, 2.45) is 5.73 Å². The van der Waals surface area contributed by atoms with Gasteiger partial charge in [-0.3, -0.25) is 4.79 Å². The van der Waals surface area contributed by atoms with Crippen LogP contribution in [0, 0.1) is 6.92 Å². The lowest BCUT2D eigenvalue weighted by atomic mass is 10.0. The van der Waals surface area contributed by atoms with Crippen molar-refractivity contribution in [3.63, 3.8) is 0 Å². The predicted octanol–water partition coefficient (Wildman–Crippen LogP) is 1.58. The zero-order valence-corrected chi connectivity index (χ0v) is 8.93. The molecule has 0 bridgehead atoms. The quantitative estimate of drug-likeness (QED) is 0.806. The largest absolute Gasteiger partial charge is 0.478 e. The molecule has 16 heavy (non-hydrogen) atoms. The Morgan fingerprint density at radius 1 is 1.44 bits per heavy atom.